The Morgan fingerprint density at radius 3 is 2.50 bits per heavy atom. The van der Waals surface area contributed by atoms with Crippen molar-refractivity contribution in [2.24, 2.45) is 5.73 Å². The molecule has 0 bridgehead atoms. The van der Waals surface area contributed by atoms with Gasteiger partial charge in [0.15, 0.2) is 0 Å². The van der Waals surface area contributed by atoms with Gasteiger partial charge in [-0.15, -0.1) is 0 Å². The van der Waals surface area contributed by atoms with E-state index in [2.05, 4.69) is 15.9 Å². The maximum atomic E-state index is 13.3. The molecule has 20 heavy (non-hydrogen) atoms. The first-order valence-electron chi connectivity index (χ1n) is 7.32. The summed E-state index contributed by atoms with van der Waals surface area (Å²) in [5, 5.41) is 0. The summed E-state index contributed by atoms with van der Waals surface area (Å²) in [6, 6.07) is 5.05. The number of ether oxygens (including phenoxy) is 1. The Kier molecular flexibility index (Phi) is 5.58. The van der Waals surface area contributed by atoms with Crippen LogP contribution in [0.15, 0.2) is 22.7 Å². The molecule has 4 heteroatoms. The molecule has 112 valence electrons. The van der Waals surface area contributed by atoms with Crippen LogP contribution in [0.3, 0.4) is 0 Å². The third-order valence-corrected chi connectivity index (χ3v) is 5.08. The van der Waals surface area contributed by atoms with Gasteiger partial charge in [0.05, 0.1) is 10.1 Å². The van der Waals surface area contributed by atoms with Crippen molar-refractivity contribution in [3.63, 3.8) is 0 Å². The molecule has 1 aliphatic rings. The second-order valence-corrected chi connectivity index (χ2v) is 6.60. The van der Waals surface area contributed by atoms with Crippen LogP contribution >= 0.6 is 15.9 Å². The molecule has 2 N–H and O–H groups in total. The summed E-state index contributed by atoms with van der Waals surface area (Å²) in [5.41, 5.74) is 7.27. The summed E-state index contributed by atoms with van der Waals surface area (Å²) >= 11 is 3.23. The van der Waals surface area contributed by atoms with Gasteiger partial charge in [0.2, 0.25) is 0 Å². The molecular formula is C16H23BrFNO. The average molecular weight is 344 g/mol. The fourth-order valence-electron chi connectivity index (χ4n) is 3.16. The van der Waals surface area contributed by atoms with E-state index in [0.29, 0.717) is 10.9 Å². The number of methoxy groups -OCH3 is 1. The summed E-state index contributed by atoms with van der Waals surface area (Å²) in [6.45, 7) is 0. The Balaban J connectivity index is 2.11. The molecule has 1 saturated carbocycles. The van der Waals surface area contributed by atoms with Gasteiger partial charge in [0, 0.05) is 13.2 Å². The molecule has 0 radical (unpaired) electrons. The molecule has 0 amide bonds. The van der Waals surface area contributed by atoms with E-state index >= 15 is 0 Å². The van der Waals surface area contributed by atoms with Crippen molar-refractivity contribution < 1.29 is 9.13 Å². The van der Waals surface area contributed by atoms with Crippen LogP contribution in [-0.2, 0) is 11.2 Å². The lowest BCUT2D eigenvalue weighted by Gasteiger charge is -2.37. The second-order valence-electron chi connectivity index (χ2n) is 5.74. The highest BCUT2D eigenvalue weighted by Gasteiger charge is 2.37. The molecule has 0 saturated heterocycles. The number of nitrogens with two attached hydrogens (primary N) is 1. The van der Waals surface area contributed by atoms with Crippen LogP contribution < -0.4 is 5.73 Å². The number of hydrogen-bond donors (Lipinski definition) is 1. The van der Waals surface area contributed by atoms with Crippen molar-refractivity contribution in [3.05, 3.63) is 34.1 Å². The highest BCUT2D eigenvalue weighted by atomic mass is 79.9. The largest absolute Gasteiger partial charge is 0.377 e. The minimum Gasteiger partial charge on any atom is -0.377 e. The smallest absolute Gasteiger partial charge is 0.137 e. The van der Waals surface area contributed by atoms with Crippen molar-refractivity contribution in [3.8, 4) is 0 Å². The SMILES string of the molecule is COC1(C(N)Cc2ccc(F)c(Br)c2)CCCCCC1. The van der Waals surface area contributed by atoms with Gasteiger partial charge in [-0.25, -0.2) is 4.39 Å². The molecule has 1 unspecified atom stereocenters. The monoisotopic (exact) mass is 343 g/mol. The maximum absolute atomic E-state index is 13.3. The van der Waals surface area contributed by atoms with E-state index in [1.165, 1.54) is 31.7 Å². The van der Waals surface area contributed by atoms with Crippen molar-refractivity contribution >= 4 is 15.9 Å². The fraction of sp³-hybridized carbons (Fsp3) is 0.625. The van der Waals surface area contributed by atoms with Gasteiger partial charge in [-0.05, 0) is 52.9 Å². The van der Waals surface area contributed by atoms with Crippen LogP contribution in [0.2, 0.25) is 0 Å². The minimum absolute atomic E-state index is 0.0528. The topological polar surface area (TPSA) is 35.2 Å². The van der Waals surface area contributed by atoms with Gasteiger partial charge in [0.1, 0.15) is 5.82 Å². The standard InChI is InChI=1S/C16H23BrFNO/c1-20-16(8-4-2-3-5-9-16)15(19)11-12-6-7-14(18)13(17)10-12/h6-7,10,15H,2-5,8-9,11,19H2,1H3. The number of rotatable bonds is 4. The Labute approximate surface area is 129 Å². The number of hydrogen-bond acceptors (Lipinski definition) is 2. The molecule has 1 aliphatic carbocycles. The van der Waals surface area contributed by atoms with Crippen LogP contribution in [0.25, 0.3) is 0 Å². The van der Waals surface area contributed by atoms with Gasteiger partial charge < -0.3 is 10.5 Å². The van der Waals surface area contributed by atoms with E-state index in [0.717, 1.165) is 18.4 Å². The van der Waals surface area contributed by atoms with Crippen LogP contribution in [0.5, 0.6) is 0 Å². The highest BCUT2D eigenvalue weighted by molar-refractivity contribution is 9.10. The van der Waals surface area contributed by atoms with Gasteiger partial charge in [-0.3, -0.25) is 0 Å². The molecule has 2 nitrogen and oxygen atoms in total. The van der Waals surface area contributed by atoms with E-state index in [1.807, 2.05) is 6.07 Å². The third kappa shape index (κ3) is 3.60. The third-order valence-electron chi connectivity index (χ3n) is 4.47. The quantitative estimate of drug-likeness (QED) is 0.831. The van der Waals surface area contributed by atoms with Crippen molar-refractivity contribution in [2.45, 2.75) is 56.6 Å². The van der Waals surface area contributed by atoms with Gasteiger partial charge in [-0.2, -0.15) is 0 Å². The Morgan fingerprint density at radius 1 is 1.30 bits per heavy atom. The Morgan fingerprint density at radius 2 is 1.95 bits per heavy atom. The lowest BCUT2D eigenvalue weighted by Crippen LogP contribution is -2.50. The summed E-state index contributed by atoms with van der Waals surface area (Å²) in [4.78, 5) is 0. The molecule has 0 spiro atoms. The van der Waals surface area contributed by atoms with Crippen LogP contribution in [0.1, 0.15) is 44.1 Å². The van der Waals surface area contributed by atoms with E-state index in [9.17, 15) is 4.39 Å². The predicted molar refractivity (Wildman–Crippen MR) is 83.2 cm³/mol. The number of benzene rings is 1. The lowest BCUT2D eigenvalue weighted by molar-refractivity contribution is -0.0430. The first-order valence-corrected chi connectivity index (χ1v) is 8.11. The normalized spacial score (nSPS) is 20.4. The van der Waals surface area contributed by atoms with Crippen molar-refractivity contribution in [1.29, 1.82) is 0 Å². The first kappa shape index (κ1) is 15.9. The zero-order valence-corrected chi connectivity index (χ0v) is 13.6. The molecular weight excluding hydrogens is 321 g/mol. The van der Waals surface area contributed by atoms with E-state index in [4.69, 9.17) is 10.5 Å². The highest BCUT2D eigenvalue weighted by Crippen LogP contribution is 2.33. The molecule has 0 heterocycles. The Hall–Kier alpha value is -0.450. The number of halogens is 2. The van der Waals surface area contributed by atoms with E-state index < -0.39 is 0 Å². The molecule has 1 atom stereocenters. The summed E-state index contributed by atoms with van der Waals surface area (Å²) in [7, 11) is 1.77. The second kappa shape index (κ2) is 7.01. The molecule has 1 fully saturated rings. The molecule has 0 aliphatic heterocycles. The Bertz CT molecular complexity index is 444. The van der Waals surface area contributed by atoms with Gasteiger partial charge in [-0.1, -0.05) is 31.7 Å². The van der Waals surface area contributed by atoms with Crippen molar-refractivity contribution in [1.82, 2.24) is 0 Å². The average Bonchev–Trinajstić information content (AvgIpc) is 2.69. The van der Waals surface area contributed by atoms with E-state index in [-0.39, 0.29) is 17.5 Å². The molecule has 0 aromatic heterocycles. The zero-order valence-electron chi connectivity index (χ0n) is 12.0. The van der Waals surface area contributed by atoms with Gasteiger partial charge >= 0.3 is 0 Å². The van der Waals surface area contributed by atoms with Crippen LogP contribution in [0, 0.1) is 5.82 Å². The van der Waals surface area contributed by atoms with Crippen LogP contribution in [-0.4, -0.2) is 18.8 Å². The molecule has 1 aromatic carbocycles. The summed E-state index contributed by atoms with van der Waals surface area (Å²) in [6.07, 6.45) is 7.63. The zero-order chi connectivity index (χ0) is 14.6. The lowest BCUT2D eigenvalue weighted by atomic mass is 9.83. The predicted octanol–water partition coefficient (Wildman–Crippen LogP) is 4.20. The van der Waals surface area contributed by atoms with Gasteiger partial charge in [0.25, 0.3) is 0 Å². The molecule has 2 rings (SSSR count). The first-order chi connectivity index (χ1) is 9.57. The van der Waals surface area contributed by atoms with E-state index in [1.54, 1.807) is 13.2 Å². The fourth-order valence-corrected chi connectivity index (χ4v) is 3.59. The summed E-state index contributed by atoms with van der Waals surface area (Å²) in [5.74, 6) is -0.238. The summed E-state index contributed by atoms with van der Waals surface area (Å²) < 4.78 is 19.6. The maximum Gasteiger partial charge on any atom is 0.137 e. The molecule has 1 aromatic rings. The minimum atomic E-state index is -0.238. The van der Waals surface area contributed by atoms with Crippen LogP contribution in [0.4, 0.5) is 4.39 Å². The van der Waals surface area contributed by atoms with Crippen molar-refractivity contribution in [2.75, 3.05) is 7.11 Å².